The SMILES string of the molecule is CN(C)C(=O)c1ccc(NC(=O)COc2ccc(Br)cc2C(C)(C)C)cc1. The topological polar surface area (TPSA) is 58.6 Å². The van der Waals surface area contributed by atoms with Crippen LogP contribution in [0.3, 0.4) is 0 Å². The first-order valence-corrected chi connectivity index (χ1v) is 9.41. The molecule has 2 rings (SSSR count). The van der Waals surface area contributed by atoms with Gasteiger partial charge in [0, 0.05) is 35.4 Å². The number of hydrogen-bond acceptors (Lipinski definition) is 3. The van der Waals surface area contributed by atoms with Crippen molar-refractivity contribution in [2.45, 2.75) is 26.2 Å². The molecule has 0 aliphatic carbocycles. The minimum atomic E-state index is -0.260. The van der Waals surface area contributed by atoms with E-state index in [0.29, 0.717) is 17.0 Å². The molecule has 0 unspecified atom stereocenters. The van der Waals surface area contributed by atoms with Gasteiger partial charge in [0.1, 0.15) is 5.75 Å². The Balaban J connectivity index is 2.00. The predicted octanol–water partition coefficient (Wildman–Crippen LogP) is 4.47. The molecular weight excluding hydrogens is 408 g/mol. The van der Waals surface area contributed by atoms with Gasteiger partial charge in [-0.1, -0.05) is 36.7 Å². The van der Waals surface area contributed by atoms with E-state index in [9.17, 15) is 9.59 Å². The molecule has 6 heteroatoms. The third kappa shape index (κ3) is 5.82. The van der Waals surface area contributed by atoms with Gasteiger partial charge in [-0.15, -0.1) is 0 Å². The monoisotopic (exact) mass is 432 g/mol. The van der Waals surface area contributed by atoms with Gasteiger partial charge in [0.25, 0.3) is 11.8 Å². The number of nitrogens with zero attached hydrogens (tertiary/aromatic N) is 1. The Hall–Kier alpha value is -2.34. The standard InChI is InChI=1S/C21H25BrN2O3/c1-21(2,3)17-12-15(22)8-11-18(17)27-13-19(25)23-16-9-6-14(7-10-16)20(26)24(4)5/h6-12H,13H2,1-5H3,(H,23,25). The Bertz CT molecular complexity index is 824. The van der Waals surface area contributed by atoms with E-state index in [1.807, 2.05) is 18.2 Å². The van der Waals surface area contributed by atoms with Crippen LogP contribution in [-0.2, 0) is 10.2 Å². The van der Waals surface area contributed by atoms with Gasteiger partial charge in [0.2, 0.25) is 0 Å². The van der Waals surface area contributed by atoms with Crippen molar-refractivity contribution in [3.63, 3.8) is 0 Å². The van der Waals surface area contributed by atoms with Gasteiger partial charge in [-0.2, -0.15) is 0 Å². The van der Waals surface area contributed by atoms with E-state index in [1.165, 1.54) is 4.90 Å². The molecule has 0 atom stereocenters. The molecule has 2 amide bonds. The first kappa shape index (κ1) is 21.0. The number of nitrogens with one attached hydrogen (secondary N) is 1. The average Bonchev–Trinajstić information content (AvgIpc) is 2.59. The number of anilines is 1. The van der Waals surface area contributed by atoms with E-state index < -0.39 is 0 Å². The van der Waals surface area contributed by atoms with Crippen molar-refractivity contribution in [3.05, 3.63) is 58.1 Å². The smallest absolute Gasteiger partial charge is 0.262 e. The minimum Gasteiger partial charge on any atom is -0.483 e. The zero-order valence-electron chi connectivity index (χ0n) is 16.3. The summed E-state index contributed by atoms with van der Waals surface area (Å²) in [5.74, 6) is 0.346. The Morgan fingerprint density at radius 2 is 1.70 bits per heavy atom. The number of hydrogen-bond donors (Lipinski definition) is 1. The predicted molar refractivity (Wildman–Crippen MR) is 111 cm³/mol. The zero-order chi connectivity index (χ0) is 20.2. The van der Waals surface area contributed by atoms with Gasteiger partial charge in [0.05, 0.1) is 0 Å². The lowest BCUT2D eigenvalue weighted by molar-refractivity contribution is -0.118. The second-order valence-electron chi connectivity index (χ2n) is 7.50. The maximum atomic E-state index is 12.2. The number of amides is 2. The first-order valence-electron chi connectivity index (χ1n) is 8.62. The van der Waals surface area contributed by atoms with Gasteiger partial charge >= 0.3 is 0 Å². The summed E-state index contributed by atoms with van der Waals surface area (Å²) in [7, 11) is 3.40. The lowest BCUT2D eigenvalue weighted by Crippen LogP contribution is -2.23. The van der Waals surface area contributed by atoms with Crippen LogP contribution in [0.4, 0.5) is 5.69 Å². The fourth-order valence-corrected chi connectivity index (χ4v) is 2.87. The van der Waals surface area contributed by atoms with Gasteiger partial charge in [-0.05, 0) is 47.9 Å². The normalized spacial score (nSPS) is 11.0. The second kappa shape index (κ2) is 8.57. The van der Waals surface area contributed by atoms with Crippen molar-refractivity contribution in [1.82, 2.24) is 4.90 Å². The fourth-order valence-electron chi connectivity index (χ4n) is 2.51. The Morgan fingerprint density at radius 1 is 1.07 bits per heavy atom. The van der Waals surface area contributed by atoms with Crippen LogP contribution in [-0.4, -0.2) is 37.4 Å². The van der Waals surface area contributed by atoms with Crippen molar-refractivity contribution in [2.24, 2.45) is 0 Å². The summed E-state index contributed by atoms with van der Waals surface area (Å²) in [6, 6.07) is 12.5. The molecule has 0 saturated heterocycles. The van der Waals surface area contributed by atoms with Crippen LogP contribution in [0.5, 0.6) is 5.75 Å². The summed E-state index contributed by atoms with van der Waals surface area (Å²) in [5, 5.41) is 2.78. The molecule has 0 bridgehead atoms. The highest BCUT2D eigenvalue weighted by atomic mass is 79.9. The summed E-state index contributed by atoms with van der Waals surface area (Å²) in [6.45, 7) is 6.19. The van der Waals surface area contributed by atoms with Crippen LogP contribution in [0.1, 0.15) is 36.7 Å². The molecule has 2 aromatic rings. The van der Waals surface area contributed by atoms with E-state index in [2.05, 4.69) is 42.0 Å². The zero-order valence-corrected chi connectivity index (χ0v) is 17.9. The maximum Gasteiger partial charge on any atom is 0.262 e. The van der Waals surface area contributed by atoms with E-state index in [4.69, 9.17) is 4.74 Å². The van der Waals surface area contributed by atoms with Crippen LogP contribution in [0, 0.1) is 0 Å². The molecule has 0 aromatic heterocycles. The van der Waals surface area contributed by atoms with Crippen molar-refractivity contribution < 1.29 is 14.3 Å². The first-order chi connectivity index (χ1) is 12.6. The minimum absolute atomic E-state index is 0.0823. The van der Waals surface area contributed by atoms with E-state index in [1.54, 1.807) is 38.4 Å². The van der Waals surface area contributed by atoms with Gasteiger partial charge in [-0.3, -0.25) is 9.59 Å². The molecule has 2 aromatic carbocycles. The quantitative estimate of drug-likeness (QED) is 0.757. The second-order valence-corrected chi connectivity index (χ2v) is 8.42. The third-order valence-corrected chi connectivity index (χ3v) is 4.42. The lowest BCUT2D eigenvalue weighted by atomic mass is 9.86. The summed E-state index contributed by atoms with van der Waals surface area (Å²) >= 11 is 3.48. The fraction of sp³-hybridized carbons (Fsp3) is 0.333. The van der Waals surface area contributed by atoms with E-state index in [0.717, 1.165) is 10.0 Å². The van der Waals surface area contributed by atoms with Gasteiger partial charge in [-0.25, -0.2) is 0 Å². The largest absolute Gasteiger partial charge is 0.483 e. The maximum absolute atomic E-state index is 12.2. The number of halogens is 1. The number of rotatable bonds is 5. The van der Waals surface area contributed by atoms with Crippen LogP contribution >= 0.6 is 15.9 Å². The lowest BCUT2D eigenvalue weighted by Gasteiger charge is -2.23. The van der Waals surface area contributed by atoms with Gasteiger partial charge < -0.3 is 15.0 Å². The highest BCUT2D eigenvalue weighted by Gasteiger charge is 2.20. The van der Waals surface area contributed by atoms with Crippen molar-refractivity contribution in [1.29, 1.82) is 0 Å². The summed E-state index contributed by atoms with van der Waals surface area (Å²) < 4.78 is 6.72. The molecule has 5 nitrogen and oxygen atoms in total. The molecule has 27 heavy (non-hydrogen) atoms. The van der Waals surface area contributed by atoms with E-state index >= 15 is 0 Å². The highest BCUT2D eigenvalue weighted by molar-refractivity contribution is 9.10. The van der Waals surface area contributed by atoms with Gasteiger partial charge in [0.15, 0.2) is 6.61 Å². The van der Waals surface area contributed by atoms with Crippen molar-refractivity contribution in [2.75, 3.05) is 26.0 Å². The Kier molecular flexibility index (Phi) is 6.65. The summed E-state index contributed by atoms with van der Waals surface area (Å²) in [4.78, 5) is 25.6. The Morgan fingerprint density at radius 3 is 2.26 bits per heavy atom. The molecule has 0 radical (unpaired) electrons. The summed E-state index contributed by atoms with van der Waals surface area (Å²) in [6.07, 6.45) is 0. The number of carbonyl (C=O) groups is 2. The highest BCUT2D eigenvalue weighted by Crippen LogP contribution is 2.33. The van der Waals surface area contributed by atoms with Crippen LogP contribution < -0.4 is 10.1 Å². The molecule has 0 saturated carbocycles. The molecule has 0 aliphatic rings. The van der Waals surface area contributed by atoms with Crippen LogP contribution in [0.2, 0.25) is 0 Å². The molecule has 0 spiro atoms. The summed E-state index contributed by atoms with van der Waals surface area (Å²) in [5.41, 5.74) is 2.10. The van der Waals surface area contributed by atoms with E-state index in [-0.39, 0.29) is 23.8 Å². The Labute approximate surface area is 168 Å². The molecule has 0 fully saturated rings. The molecular formula is C21H25BrN2O3. The number of benzene rings is 2. The molecule has 144 valence electrons. The van der Waals surface area contributed by atoms with Crippen molar-refractivity contribution >= 4 is 33.4 Å². The van der Waals surface area contributed by atoms with Crippen LogP contribution in [0.15, 0.2) is 46.9 Å². The number of ether oxygens (including phenoxy) is 1. The molecule has 0 aliphatic heterocycles. The third-order valence-electron chi connectivity index (χ3n) is 3.93. The van der Waals surface area contributed by atoms with Crippen molar-refractivity contribution in [3.8, 4) is 5.75 Å². The number of carbonyl (C=O) groups excluding carboxylic acids is 2. The molecule has 0 heterocycles. The molecule has 1 N–H and O–H groups in total. The average molecular weight is 433 g/mol. The van der Waals surface area contributed by atoms with Crippen LogP contribution in [0.25, 0.3) is 0 Å².